The maximum Gasteiger partial charge on any atom is 0.302 e. The molecule has 120 valence electrons. The van der Waals surface area contributed by atoms with Crippen molar-refractivity contribution in [3.05, 3.63) is 0 Å². The number of hydrogen-bond donors (Lipinski definition) is 0. The van der Waals surface area contributed by atoms with E-state index in [1.54, 1.807) is 14.2 Å². The van der Waals surface area contributed by atoms with Gasteiger partial charge < -0.3 is 18.9 Å². The summed E-state index contributed by atoms with van der Waals surface area (Å²) in [4.78, 5) is 20.4. The van der Waals surface area contributed by atoms with E-state index in [4.69, 9.17) is 14.2 Å². The fourth-order valence-electron chi connectivity index (χ4n) is 1.16. The van der Waals surface area contributed by atoms with Gasteiger partial charge in [0.1, 0.15) is 0 Å². The Balaban J connectivity index is 0. The first kappa shape index (κ1) is 21.2. The molecule has 0 aromatic rings. The van der Waals surface area contributed by atoms with E-state index in [9.17, 15) is 9.59 Å². The minimum absolute atomic E-state index is 0.197. The topological polar surface area (TPSA) is 71.1 Å². The number of methoxy groups -OCH3 is 2. The first-order chi connectivity index (χ1) is 9.54. The SMILES string of the molecule is COCCCCCOC(C)=O.COCCCOC(C)=O. The summed E-state index contributed by atoms with van der Waals surface area (Å²) in [6.07, 6.45) is 3.80. The number of unbranched alkanes of at least 4 members (excludes halogenated alkanes) is 2. The summed E-state index contributed by atoms with van der Waals surface area (Å²) >= 11 is 0. The molecule has 0 aliphatic heterocycles. The third kappa shape index (κ3) is 25.6. The van der Waals surface area contributed by atoms with E-state index in [0.29, 0.717) is 19.8 Å². The summed E-state index contributed by atoms with van der Waals surface area (Å²) in [6.45, 7) is 5.26. The van der Waals surface area contributed by atoms with Crippen LogP contribution < -0.4 is 0 Å². The molecule has 6 heteroatoms. The van der Waals surface area contributed by atoms with Gasteiger partial charge >= 0.3 is 11.9 Å². The van der Waals surface area contributed by atoms with E-state index in [1.165, 1.54) is 13.8 Å². The molecule has 0 bridgehead atoms. The van der Waals surface area contributed by atoms with Crippen molar-refractivity contribution < 1.29 is 28.5 Å². The molecular weight excluding hydrogens is 264 g/mol. The Morgan fingerprint density at radius 1 is 0.650 bits per heavy atom. The molecule has 0 N–H and O–H groups in total. The summed E-state index contributed by atoms with van der Waals surface area (Å²) in [5.41, 5.74) is 0. The first-order valence-electron chi connectivity index (χ1n) is 6.79. The minimum atomic E-state index is -0.230. The van der Waals surface area contributed by atoms with Crippen molar-refractivity contribution in [1.29, 1.82) is 0 Å². The smallest absolute Gasteiger partial charge is 0.302 e. The predicted octanol–water partition coefficient (Wildman–Crippen LogP) is 1.95. The first-order valence-corrected chi connectivity index (χ1v) is 6.79. The van der Waals surface area contributed by atoms with Crippen LogP contribution in [0.2, 0.25) is 0 Å². The zero-order valence-electron chi connectivity index (χ0n) is 13.1. The monoisotopic (exact) mass is 292 g/mol. The molecule has 0 unspecified atom stereocenters. The van der Waals surface area contributed by atoms with Crippen LogP contribution in [0, 0.1) is 0 Å². The predicted molar refractivity (Wildman–Crippen MR) is 75.5 cm³/mol. The van der Waals surface area contributed by atoms with Crippen LogP contribution in [-0.2, 0) is 28.5 Å². The lowest BCUT2D eigenvalue weighted by atomic mass is 10.2. The van der Waals surface area contributed by atoms with Crippen molar-refractivity contribution in [2.45, 2.75) is 39.5 Å². The van der Waals surface area contributed by atoms with Crippen molar-refractivity contribution >= 4 is 11.9 Å². The summed E-state index contributed by atoms with van der Waals surface area (Å²) < 4.78 is 19.0. The number of carbonyl (C=O) groups is 2. The maximum absolute atomic E-state index is 10.3. The number of hydrogen-bond acceptors (Lipinski definition) is 6. The molecule has 0 aliphatic rings. The van der Waals surface area contributed by atoms with Crippen molar-refractivity contribution in [3.8, 4) is 0 Å². The van der Waals surface area contributed by atoms with Gasteiger partial charge in [-0.3, -0.25) is 9.59 Å². The quantitative estimate of drug-likeness (QED) is 0.453. The normalized spacial score (nSPS) is 9.40. The van der Waals surface area contributed by atoms with E-state index < -0.39 is 0 Å². The fourth-order valence-corrected chi connectivity index (χ4v) is 1.16. The van der Waals surface area contributed by atoms with Crippen LogP contribution >= 0.6 is 0 Å². The molecule has 6 nitrogen and oxygen atoms in total. The summed E-state index contributed by atoms with van der Waals surface area (Å²) in [7, 11) is 3.31. The molecule has 0 fully saturated rings. The summed E-state index contributed by atoms with van der Waals surface area (Å²) in [5.74, 6) is -0.428. The molecule has 0 rings (SSSR count). The average Bonchev–Trinajstić information content (AvgIpc) is 2.39. The molecule has 0 saturated carbocycles. The van der Waals surface area contributed by atoms with Gasteiger partial charge in [0.2, 0.25) is 0 Å². The molecule has 0 amide bonds. The van der Waals surface area contributed by atoms with Gasteiger partial charge in [0.05, 0.1) is 13.2 Å². The van der Waals surface area contributed by atoms with Crippen LogP contribution in [0.25, 0.3) is 0 Å². The molecule has 20 heavy (non-hydrogen) atoms. The number of esters is 2. The second-order valence-corrected chi connectivity index (χ2v) is 4.08. The Morgan fingerprint density at radius 3 is 1.50 bits per heavy atom. The molecule has 0 saturated heterocycles. The van der Waals surface area contributed by atoms with E-state index in [2.05, 4.69) is 4.74 Å². The van der Waals surface area contributed by atoms with E-state index in [-0.39, 0.29) is 11.9 Å². The van der Waals surface area contributed by atoms with Crippen molar-refractivity contribution in [2.24, 2.45) is 0 Å². The van der Waals surface area contributed by atoms with Gasteiger partial charge in [0, 0.05) is 47.7 Å². The molecule has 0 spiro atoms. The zero-order valence-corrected chi connectivity index (χ0v) is 13.1. The highest BCUT2D eigenvalue weighted by atomic mass is 16.5. The number of ether oxygens (including phenoxy) is 4. The lowest BCUT2D eigenvalue weighted by molar-refractivity contribution is -0.142. The molecule has 0 heterocycles. The van der Waals surface area contributed by atoms with Crippen LogP contribution in [0.15, 0.2) is 0 Å². The Kier molecular flexibility index (Phi) is 18.9. The summed E-state index contributed by atoms with van der Waals surface area (Å²) in [5, 5.41) is 0. The lowest BCUT2D eigenvalue weighted by Crippen LogP contribution is -2.02. The van der Waals surface area contributed by atoms with Crippen LogP contribution in [0.5, 0.6) is 0 Å². The van der Waals surface area contributed by atoms with Crippen LogP contribution in [0.4, 0.5) is 0 Å². The number of carbonyl (C=O) groups excluding carboxylic acids is 2. The van der Waals surface area contributed by atoms with Crippen molar-refractivity contribution in [1.82, 2.24) is 0 Å². The lowest BCUT2D eigenvalue weighted by Gasteiger charge is -2.00. The van der Waals surface area contributed by atoms with Crippen molar-refractivity contribution in [2.75, 3.05) is 40.6 Å². The third-order valence-corrected chi connectivity index (χ3v) is 2.10. The van der Waals surface area contributed by atoms with Crippen LogP contribution in [0.1, 0.15) is 39.5 Å². The molecule has 0 aromatic carbocycles. The largest absolute Gasteiger partial charge is 0.466 e. The Morgan fingerprint density at radius 2 is 1.05 bits per heavy atom. The highest BCUT2D eigenvalue weighted by Crippen LogP contribution is 1.95. The zero-order chi connectivity index (χ0) is 15.6. The molecular formula is C14H28O6. The van der Waals surface area contributed by atoms with Crippen molar-refractivity contribution in [3.63, 3.8) is 0 Å². The number of rotatable bonds is 10. The van der Waals surface area contributed by atoms with Gasteiger partial charge in [-0.15, -0.1) is 0 Å². The third-order valence-electron chi connectivity index (χ3n) is 2.10. The maximum atomic E-state index is 10.3. The van der Waals surface area contributed by atoms with Gasteiger partial charge in [0.15, 0.2) is 0 Å². The Bertz CT molecular complexity index is 230. The molecule has 0 aliphatic carbocycles. The molecule has 0 aromatic heterocycles. The second kappa shape index (κ2) is 17.9. The van der Waals surface area contributed by atoms with Crippen LogP contribution in [0.3, 0.4) is 0 Å². The highest BCUT2D eigenvalue weighted by molar-refractivity contribution is 5.66. The molecule has 0 radical (unpaired) electrons. The second-order valence-electron chi connectivity index (χ2n) is 4.08. The van der Waals surface area contributed by atoms with E-state index >= 15 is 0 Å². The minimum Gasteiger partial charge on any atom is -0.466 e. The average molecular weight is 292 g/mol. The standard InChI is InChI=1S/C8H16O3.C6H12O3/c1-8(9)11-7-5-3-4-6-10-2;1-6(7)9-5-3-4-8-2/h3-7H2,1-2H3;3-5H2,1-2H3. The van der Waals surface area contributed by atoms with Gasteiger partial charge in [-0.05, 0) is 19.3 Å². The fraction of sp³-hybridized carbons (Fsp3) is 0.857. The van der Waals surface area contributed by atoms with Gasteiger partial charge in [0.25, 0.3) is 0 Å². The van der Waals surface area contributed by atoms with Gasteiger partial charge in [-0.25, -0.2) is 0 Å². The Hall–Kier alpha value is -1.14. The van der Waals surface area contributed by atoms with E-state index in [0.717, 1.165) is 32.3 Å². The molecule has 0 atom stereocenters. The Labute approximate surface area is 121 Å². The van der Waals surface area contributed by atoms with Gasteiger partial charge in [-0.2, -0.15) is 0 Å². The highest BCUT2D eigenvalue weighted by Gasteiger charge is 1.92. The van der Waals surface area contributed by atoms with Gasteiger partial charge in [-0.1, -0.05) is 0 Å². The van der Waals surface area contributed by atoms with E-state index in [1.807, 2.05) is 0 Å². The van der Waals surface area contributed by atoms with Crippen LogP contribution in [-0.4, -0.2) is 52.6 Å². The summed E-state index contributed by atoms with van der Waals surface area (Å²) in [6, 6.07) is 0.